The number of H-pyrrole nitrogens is 1. The molecule has 1 aliphatic rings. The van der Waals surface area contributed by atoms with Crippen molar-refractivity contribution in [2.75, 3.05) is 33.7 Å². The average Bonchev–Trinajstić information content (AvgIpc) is 3.30. The Labute approximate surface area is 223 Å². The van der Waals surface area contributed by atoms with Crippen molar-refractivity contribution >= 4 is 22.8 Å². The van der Waals surface area contributed by atoms with Gasteiger partial charge in [-0.25, -0.2) is 9.67 Å². The molecule has 0 atom stereocenters. The summed E-state index contributed by atoms with van der Waals surface area (Å²) in [6.45, 7) is 10.00. The van der Waals surface area contributed by atoms with Gasteiger partial charge in [0.05, 0.1) is 17.1 Å². The smallest absolute Gasteiger partial charge is 0.253 e. The predicted molar refractivity (Wildman–Crippen MR) is 147 cm³/mol. The molecule has 10 nitrogen and oxygen atoms in total. The van der Waals surface area contributed by atoms with E-state index in [9.17, 15) is 14.4 Å². The number of carbonyl (C=O) groups excluding carboxylic acids is 2. The van der Waals surface area contributed by atoms with Crippen molar-refractivity contribution in [3.8, 4) is 0 Å². The standard InChI is InChI=1S/C28H39N7O3/c1-17(2)35-26-23(16-30-35)21(27(37)29-15-22-18(3)13-19(4)31-28(22)38)14-24(32-26)20-7-11-34(12-8-20)25(36)9-10-33(5)6/h13-14,16-17,20H,7-12,15H2,1-6H3,(H,29,37)(H,31,38). The highest BCUT2D eigenvalue weighted by atomic mass is 16.2. The number of nitrogens with one attached hydrogen (secondary N) is 2. The number of aryl methyl sites for hydroxylation is 2. The summed E-state index contributed by atoms with van der Waals surface area (Å²) in [5, 5.41) is 8.14. The molecule has 3 aromatic rings. The first kappa shape index (κ1) is 27.5. The molecule has 0 radical (unpaired) electrons. The molecule has 0 spiro atoms. The lowest BCUT2D eigenvalue weighted by Gasteiger charge is -2.32. The van der Waals surface area contributed by atoms with Crippen LogP contribution in [0.3, 0.4) is 0 Å². The molecule has 0 aromatic carbocycles. The van der Waals surface area contributed by atoms with Gasteiger partial charge in [-0.05, 0) is 72.3 Å². The van der Waals surface area contributed by atoms with Crippen molar-refractivity contribution in [3.05, 3.63) is 56.8 Å². The Balaban J connectivity index is 1.58. The second kappa shape index (κ2) is 11.5. The van der Waals surface area contributed by atoms with Crippen LogP contribution in [-0.4, -0.2) is 75.1 Å². The third kappa shape index (κ3) is 5.96. The van der Waals surface area contributed by atoms with Crippen LogP contribution in [-0.2, 0) is 11.3 Å². The van der Waals surface area contributed by atoms with Crippen LogP contribution in [0.2, 0.25) is 0 Å². The van der Waals surface area contributed by atoms with Gasteiger partial charge in [-0.2, -0.15) is 5.10 Å². The van der Waals surface area contributed by atoms with E-state index in [-0.39, 0.29) is 35.9 Å². The second-order valence-corrected chi connectivity index (χ2v) is 10.8. The Hall–Kier alpha value is -3.53. The van der Waals surface area contributed by atoms with Crippen LogP contribution in [0.4, 0.5) is 0 Å². The van der Waals surface area contributed by atoms with E-state index in [0.717, 1.165) is 36.3 Å². The van der Waals surface area contributed by atoms with Crippen molar-refractivity contribution < 1.29 is 9.59 Å². The lowest BCUT2D eigenvalue weighted by atomic mass is 9.91. The number of pyridine rings is 2. The molecule has 204 valence electrons. The molecule has 10 heteroatoms. The summed E-state index contributed by atoms with van der Waals surface area (Å²) >= 11 is 0. The lowest BCUT2D eigenvalue weighted by Crippen LogP contribution is -2.39. The lowest BCUT2D eigenvalue weighted by molar-refractivity contribution is -0.132. The fourth-order valence-corrected chi connectivity index (χ4v) is 5.08. The van der Waals surface area contributed by atoms with E-state index in [0.29, 0.717) is 41.7 Å². The minimum atomic E-state index is -0.266. The maximum absolute atomic E-state index is 13.5. The normalized spacial score (nSPS) is 14.6. The largest absolute Gasteiger partial charge is 0.348 e. The van der Waals surface area contributed by atoms with Crippen LogP contribution in [0, 0.1) is 13.8 Å². The SMILES string of the molecule is Cc1cc(C)c(CNC(=O)c2cc(C3CCN(C(=O)CCN(C)C)CC3)nc3c2cnn3C(C)C)c(=O)[nH]1. The van der Waals surface area contributed by atoms with Gasteiger partial charge in [-0.3, -0.25) is 14.4 Å². The second-order valence-electron chi connectivity index (χ2n) is 10.8. The minimum absolute atomic E-state index is 0.0797. The molecule has 1 aliphatic heterocycles. The van der Waals surface area contributed by atoms with Gasteiger partial charge in [-0.15, -0.1) is 0 Å². The summed E-state index contributed by atoms with van der Waals surface area (Å²) in [7, 11) is 3.94. The third-order valence-corrected chi connectivity index (χ3v) is 7.28. The van der Waals surface area contributed by atoms with E-state index in [1.165, 1.54) is 0 Å². The zero-order chi connectivity index (χ0) is 27.6. The molecule has 0 saturated carbocycles. The Morgan fingerprint density at radius 2 is 1.89 bits per heavy atom. The molecule has 0 unspecified atom stereocenters. The van der Waals surface area contributed by atoms with E-state index in [1.807, 2.05) is 68.4 Å². The Bertz CT molecular complexity index is 1380. The monoisotopic (exact) mass is 521 g/mol. The van der Waals surface area contributed by atoms with Crippen LogP contribution in [0.15, 0.2) is 23.1 Å². The molecule has 2 amide bonds. The van der Waals surface area contributed by atoms with E-state index in [1.54, 1.807) is 6.20 Å². The number of carbonyl (C=O) groups is 2. The van der Waals surface area contributed by atoms with Crippen LogP contribution in [0.5, 0.6) is 0 Å². The molecular formula is C28H39N7O3. The first-order valence-electron chi connectivity index (χ1n) is 13.3. The topological polar surface area (TPSA) is 116 Å². The van der Waals surface area contributed by atoms with Gasteiger partial charge in [0.2, 0.25) is 5.91 Å². The number of hydrogen-bond donors (Lipinski definition) is 2. The summed E-state index contributed by atoms with van der Waals surface area (Å²) in [5.41, 5.74) is 4.00. The number of likely N-dealkylation sites (tertiary alicyclic amines) is 1. The molecule has 4 heterocycles. The summed E-state index contributed by atoms with van der Waals surface area (Å²) in [4.78, 5) is 50.2. The van der Waals surface area contributed by atoms with Crippen molar-refractivity contribution in [2.24, 2.45) is 0 Å². The van der Waals surface area contributed by atoms with Crippen molar-refractivity contribution in [3.63, 3.8) is 0 Å². The molecule has 0 bridgehead atoms. The Morgan fingerprint density at radius 3 is 2.53 bits per heavy atom. The number of hydrogen-bond acceptors (Lipinski definition) is 6. The van der Waals surface area contributed by atoms with E-state index in [4.69, 9.17) is 4.98 Å². The van der Waals surface area contributed by atoms with Gasteiger partial charge in [0.1, 0.15) is 0 Å². The summed E-state index contributed by atoms with van der Waals surface area (Å²) in [6.07, 6.45) is 3.79. The maximum atomic E-state index is 13.5. The molecule has 2 N–H and O–H groups in total. The molecular weight excluding hydrogens is 482 g/mol. The molecule has 0 aliphatic carbocycles. The molecule has 1 saturated heterocycles. The van der Waals surface area contributed by atoms with Crippen LogP contribution < -0.4 is 10.9 Å². The van der Waals surface area contributed by atoms with Gasteiger partial charge in [0, 0.05) is 61.5 Å². The zero-order valence-electron chi connectivity index (χ0n) is 23.3. The number of aromatic nitrogens is 4. The molecule has 3 aromatic heterocycles. The van der Waals surface area contributed by atoms with E-state index >= 15 is 0 Å². The average molecular weight is 522 g/mol. The number of piperidine rings is 1. The van der Waals surface area contributed by atoms with Crippen molar-refractivity contribution in [2.45, 2.75) is 65.5 Å². The zero-order valence-corrected chi connectivity index (χ0v) is 23.3. The number of fused-ring (bicyclic) bond motifs is 1. The Kier molecular flexibility index (Phi) is 8.30. The Morgan fingerprint density at radius 1 is 1.18 bits per heavy atom. The van der Waals surface area contributed by atoms with Crippen LogP contribution >= 0.6 is 0 Å². The van der Waals surface area contributed by atoms with Gasteiger partial charge in [-0.1, -0.05) is 0 Å². The summed E-state index contributed by atoms with van der Waals surface area (Å²) in [6, 6.07) is 3.84. The van der Waals surface area contributed by atoms with E-state index < -0.39 is 0 Å². The highest BCUT2D eigenvalue weighted by Gasteiger charge is 2.27. The summed E-state index contributed by atoms with van der Waals surface area (Å²) < 4.78 is 1.84. The first-order chi connectivity index (χ1) is 18.0. The predicted octanol–water partition coefficient (Wildman–Crippen LogP) is 2.91. The van der Waals surface area contributed by atoms with Crippen molar-refractivity contribution in [1.82, 2.24) is 34.9 Å². The van der Waals surface area contributed by atoms with Crippen molar-refractivity contribution in [1.29, 1.82) is 0 Å². The van der Waals surface area contributed by atoms with Gasteiger partial charge >= 0.3 is 0 Å². The fraction of sp³-hybridized carbons (Fsp3) is 0.536. The molecule has 1 fully saturated rings. The van der Waals surface area contributed by atoms with Gasteiger partial charge < -0.3 is 20.1 Å². The fourth-order valence-electron chi connectivity index (χ4n) is 5.08. The minimum Gasteiger partial charge on any atom is -0.348 e. The van der Waals surface area contributed by atoms with E-state index in [2.05, 4.69) is 15.4 Å². The highest BCUT2D eigenvalue weighted by molar-refractivity contribution is 6.05. The number of nitrogens with zero attached hydrogens (tertiary/aromatic N) is 5. The maximum Gasteiger partial charge on any atom is 0.253 e. The molecule has 4 rings (SSSR count). The number of amides is 2. The summed E-state index contributed by atoms with van der Waals surface area (Å²) in [5.74, 6) is 0.0547. The van der Waals surface area contributed by atoms with Gasteiger partial charge in [0.15, 0.2) is 5.65 Å². The van der Waals surface area contributed by atoms with Crippen LogP contribution in [0.1, 0.15) is 77.9 Å². The first-order valence-corrected chi connectivity index (χ1v) is 13.3. The van der Waals surface area contributed by atoms with Gasteiger partial charge in [0.25, 0.3) is 11.5 Å². The number of aromatic amines is 1. The van der Waals surface area contributed by atoms with Crippen LogP contribution in [0.25, 0.3) is 11.0 Å². The molecule has 38 heavy (non-hydrogen) atoms. The quantitative estimate of drug-likeness (QED) is 0.471. The number of rotatable bonds is 8. The third-order valence-electron chi connectivity index (χ3n) is 7.28. The highest BCUT2D eigenvalue weighted by Crippen LogP contribution is 2.31.